The van der Waals surface area contributed by atoms with Crippen LogP contribution in [0.1, 0.15) is 25.3 Å². The highest BCUT2D eigenvalue weighted by Crippen LogP contribution is 2.31. The zero-order valence-corrected chi connectivity index (χ0v) is 13.5. The summed E-state index contributed by atoms with van der Waals surface area (Å²) < 4.78 is 13.1. The first-order chi connectivity index (χ1) is 10.9. The molecule has 23 heavy (non-hydrogen) atoms. The molecule has 0 unspecified atom stereocenters. The lowest BCUT2D eigenvalue weighted by Gasteiger charge is -2.18. The molecule has 2 N–H and O–H groups in total. The summed E-state index contributed by atoms with van der Waals surface area (Å²) in [6.45, 7) is 13.9. The molecule has 0 radical (unpaired) electrons. The van der Waals surface area contributed by atoms with Crippen molar-refractivity contribution in [3.63, 3.8) is 0 Å². The smallest absolute Gasteiger partial charge is 0.123 e. The lowest BCUT2D eigenvalue weighted by atomic mass is 9.89. The monoisotopic (exact) mass is 307 g/mol. The number of nitrogens with two attached hydrogens (primary N) is 1. The number of allylic oxidation sites excluding steroid dienone is 9. The fraction of sp³-hybridized carbons (Fsp3) is 0.143. The Morgan fingerprint density at radius 2 is 1.74 bits per heavy atom. The van der Waals surface area contributed by atoms with Gasteiger partial charge in [-0.05, 0) is 60.3 Å². The van der Waals surface area contributed by atoms with Crippen LogP contribution in [0.3, 0.4) is 0 Å². The van der Waals surface area contributed by atoms with Gasteiger partial charge in [-0.2, -0.15) is 0 Å². The third-order valence-electron chi connectivity index (χ3n) is 3.93. The molecule has 1 nitrogen and oxygen atoms in total. The van der Waals surface area contributed by atoms with Gasteiger partial charge in [0.05, 0.1) is 0 Å². The van der Waals surface area contributed by atoms with Gasteiger partial charge in [-0.3, -0.25) is 0 Å². The van der Waals surface area contributed by atoms with E-state index in [4.69, 9.17) is 5.73 Å². The summed E-state index contributed by atoms with van der Waals surface area (Å²) in [6, 6.07) is 6.39. The number of benzene rings is 1. The molecule has 0 aromatic heterocycles. The van der Waals surface area contributed by atoms with Crippen LogP contribution in [0, 0.1) is 5.82 Å². The summed E-state index contributed by atoms with van der Waals surface area (Å²) in [5, 5.41) is 0. The average Bonchev–Trinajstić information content (AvgIpc) is 2.53. The van der Waals surface area contributed by atoms with Gasteiger partial charge < -0.3 is 5.73 Å². The van der Waals surface area contributed by atoms with Crippen molar-refractivity contribution in [3.8, 4) is 0 Å². The van der Waals surface area contributed by atoms with E-state index in [9.17, 15) is 4.39 Å². The maximum absolute atomic E-state index is 13.1. The summed E-state index contributed by atoms with van der Waals surface area (Å²) in [6.07, 6.45) is 7.53. The Morgan fingerprint density at radius 1 is 1.09 bits per heavy atom. The van der Waals surface area contributed by atoms with E-state index in [1.807, 2.05) is 25.2 Å². The number of rotatable bonds is 5. The van der Waals surface area contributed by atoms with Gasteiger partial charge in [0.2, 0.25) is 0 Å². The molecule has 0 bridgehead atoms. The van der Waals surface area contributed by atoms with Gasteiger partial charge in [0.25, 0.3) is 0 Å². The maximum Gasteiger partial charge on any atom is 0.123 e. The predicted molar refractivity (Wildman–Crippen MR) is 97.1 cm³/mol. The topological polar surface area (TPSA) is 26.0 Å². The first-order valence-electron chi connectivity index (χ1n) is 7.55. The molecule has 1 aliphatic carbocycles. The minimum absolute atomic E-state index is 0.251. The van der Waals surface area contributed by atoms with Crippen molar-refractivity contribution in [1.82, 2.24) is 0 Å². The Morgan fingerprint density at radius 3 is 2.35 bits per heavy atom. The summed E-state index contributed by atoms with van der Waals surface area (Å²) >= 11 is 0. The lowest BCUT2D eigenvalue weighted by Crippen LogP contribution is -2.07. The van der Waals surface area contributed by atoms with Gasteiger partial charge in [-0.25, -0.2) is 4.39 Å². The minimum Gasteiger partial charge on any atom is -0.402 e. The van der Waals surface area contributed by atoms with Gasteiger partial charge in [0, 0.05) is 11.3 Å². The van der Waals surface area contributed by atoms with Crippen LogP contribution in [0.5, 0.6) is 0 Å². The van der Waals surface area contributed by atoms with Gasteiger partial charge in [0.15, 0.2) is 0 Å². The van der Waals surface area contributed by atoms with Gasteiger partial charge in [-0.1, -0.05) is 49.6 Å². The van der Waals surface area contributed by atoms with Crippen LogP contribution < -0.4 is 5.73 Å². The van der Waals surface area contributed by atoms with Crippen LogP contribution in [0.15, 0.2) is 90.2 Å². The van der Waals surface area contributed by atoms with E-state index >= 15 is 0 Å². The summed E-state index contributed by atoms with van der Waals surface area (Å²) in [5.41, 5.74) is 12.7. The van der Waals surface area contributed by atoms with Gasteiger partial charge >= 0.3 is 0 Å². The van der Waals surface area contributed by atoms with E-state index in [-0.39, 0.29) is 5.82 Å². The van der Waals surface area contributed by atoms with Crippen molar-refractivity contribution < 1.29 is 4.39 Å². The second-order valence-electron chi connectivity index (χ2n) is 5.78. The summed E-state index contributed by atoms with van der Waals surface area (Å²) in [4.78, 5) is 0. The van der Waals surface area contributed by atoms with Crippen molar-refractivity contribution in [2.24, 2.45) is 5.73 Å². The highest BCUT2D eigenvalue weighted by molar-refractivity contribution is 5.79. The predicted octanol–water partition coefficient (Wildman–Crippen LogP) is 5.46. The highest BCUT2D eigenvalue weighted by atomic mass is 19.1. The zero-order valence-electron chi connectivity index (χ0n) is 13.5. The fourth-order valence-electron chi connectivity index (χ4n) is 2.35. The van der Waals surface area contributed by atoms with Crippen molar-refractivity contribution in [1.29, 1.82) is 0 Å². The first-order valence-corrected chi connectivity index (χ1v) is 7.55. The largest absolute Gasteiger partial charge is 0.402 e. The molecule has 0 heterocycles. The van der Waals surface area contributed by atoms with Crippen LogP contribution >= 0.6 is 0 Å². The Balaban J connectivity index is 2.26. The molecule has 0 spiro atoms. The van der Waals surface area contributed by atoms with Crippen molar-refractivity contribution >= 4 is 5.57 Å². The van der Waals surface area contributed by atoms with Crippen molar-refractivity contribution in [2.45, 2.75) is 19.8 Å². The summed E-state index contributed by atoms with van der Waals surface area (Å²) in [7, 11) is 0. The number of hydrogen-bond donors (Lipinski definition) is 1. The van der Waals surface area contributed by atoms with Crippen molar-refractivity contribution in [3.05, 3.63) is 102 Å². The lowest BCUT2D eigenvalue weighted by molar-refractivity contribution is 0.627. The molecule has 2 heteroatoms. The molecule has 0 atom stereocenters. The van der Waals surface area contributed by atoms with E-state index in [0.717, 1.165) is 52.0 Å². The van der Waals surface area contributed by atoms with E-state index in [2.05, 4.69) is 19.7 Å². The van der Waals surface area contributed by atoms with E-state index in [1.54, 1.807) is 12.1 Å². The van der Waals surface area contributed by atoms with Crippen LogP contribution in [-0.4, -0.2) is 0 Å². The zero-order chi connectivity index (χ0) is 17.0. The van der Waals surface area contributed by atoms with E-state index in [0.29, 0.717) is 0 Å². The second kappa shape index (κ2) is 7.10. The third kappa shape index (κ3) is 4.19. The Labute approximate surface area is 137 Å². The first kappa shape index (κ1) is 16.8. The Kier molecular flexibility index (Phi) is 5.17. The number of halogens is 1. The second-order valence-corrected chi connectivity index (χ2v) is 5.78. The molecule has 0 fully saturated rings. The van der Waals surface area contributed by atoms with Crippen molar-refractivity contribution in [2.75, 3.05) is 0 Å². The SMILES string of the molecule is C=C(C)C(=C)/C=C\C(=C)C1=CC(c2ccc(F)cc2)=C(N)CC1. The van der Waals surface area contributed by atoms with Crippen LogP contribution in [0.25, 0.3) is 5.57 Å². The molecular weight excluding hydrogens is 285 g/mol. The van der Waals surface area contributed by atoms with E-state index in [1.165, 1.54) is 12.1 Å². The van der Waals surface area contributed by atoms with Gasteiger partial charge in [-0.15, -0.1) is 0 Å². The molecule has 1 aliphatic rings. The molecule has 0 aliphatic heterocycles. The number of hydrogen-bond acceptors (Lipinski definition) is 1. The van der Waals surface area contributed by atoms with Crippen LogP contribution in [0.2, 0.25) is 0 Å². The molecule has 1 aromatic rings. The van der Waals surface area contributed by atoms with Crippen LogP contribution in [0.4, 0.5) is 4.39 Å². The minimum atomic E-state index is -0.251. The normalized spacial score (nSPS) is 14.8. The Hall–Kier alpha value is -2.61. The quantitative estimate of drug-likeness (QED) is 0.718. The van der Waals surface area contributed by atoms with Crippen LogP contribution in [-0.2, 0) is 0 Å². The summed E-state index contributed by atoms with van der Waals surface area (Å²) in [5.74, 6) is -0.251. The molecule has 0 saturated heterocycles. The standard InChI is InChI=1S/C21H22FN/c1-14(2)15(3)5-6-16(4)18-9-12-21(23)20(13-18)17-7-10-19(22)11-8-17/h5-8,10-11,13H,1,3-4,9,12,23H2,2H3/b6-5-. The highest BCUT2D eigenvalue weighted by Gasteiger charge is 2.14. The maximum atomic E-state index is 13.1. The third-order valence-corrected chi connectivity index (χ3v) is 3.93. The molecule has 118 valence electrons. The molecule has 0 saturated carbocycles. The average molecular weight is 307 g/mol. The Bertz CT molecular complexity index is 743. The molecule has 1 aromatic carbocycles. The molecule has 2 rings (SSSR count). The molecule has 0 amide bonds. The van der Waals surface area contributed by atoms with E-state index < -0.39 is 0 Å². The molecular formula is C21H22FN. The fourth-order valence-corrected chi connectivity index (χ4v) is 2.35. The van der Waals surface area contributed by atoms with Gasteiger partial charge in [0.1, 0.15) is 5.82 Å².